The molecule has 0 aliphatic heterocycles. The average Bonchev–Trinajstić information content (AvgIpc) is 3.39. The van der Waals surface area contributed by atoms with Crippen molar-refractivity contribution >= 4 is 56.7 Å². The van der Waals surface area contributed by atoms with Crippen molar-refractivity contribution in [2.24, 2.45) is 0 Å². The molecule has 10 heteroatoms. The first-order valence-corrected chi connectivity index (χ1v) is 12.4. The van der Waals surface area contributed by atoms with E-state index >= 15 is 0 Å². The summed E-state index contributed by atoms with van der Waals surface area (Å²) in [5.41, 5.74) is 1.72. The molecular weight excluding hydrogens is 450 g/mol. The molecule has 2 aromatic heterocycles. The van der Waals surface area contributed by atoms with Crippen molar-refractivity contribution in [3.05, 3.63) is 54.4 Å². The highest BCUT2D eigenvalue weighted by molar-refractivity contribution is 8.00. The zero-order valence-electron chi connectivity index (χ0n) is 17.1. The van der Waals surface area contributed by atoms with Crippen molar-refractivity contribution in [3.63, 3.8) is 0 Å². The molecular formula is C21H21N5O2S3. The third kappa shape index (κ3) is 5.38. The summed E-state index contributed by atoms with van der Waals surface area (Å²) in [5.74, 6) is 2.40. The van der Waals surface area contributed by atoms with Crippen LogP contribution in [0.4, 0.5) is 5.69 Å². The zero-order valence-corrected chi connectivity index (χ0v) is 19.5. The second-order valence-corrected chi connectivity index (χ2v) is 9.64. The summed E-state index contributed by atoms with van der Waals surface area (Å²) in [5, 5.41) is 12.3. The number of amides is 1. The third-order valence-corrected chi connectivity index (χ3v) is 7.54. The van der Waals surface area contributed by atoms with E-state index in [0.717, 1.165) is 27.4 Å². The van der Waals surface area contributed by atoms with E-state index in [0.29, 0.717) is 17.2 Å². The molecule has 4 aromatic rings. The Balaban J connectivity index is 1.35. The average molecular weight is 472 g/mol. The summed E-state index contributed by atoms with van der Waals surface area (Å²) in [7, 11) is 1.60. The number of benzene rings is 2. The first-order valence-electron chi connectivity index (χ1n) is 9.63. The summed E-state index contributed by atoms with van der Waals surface area (Å²) < 4.78 is 9.43. The van der Waals surface area contributed by atoms with Crippen LogP contribution in [0.3, 0.4) is 0 Å². The number of rotatable bonds is 9. The van der Waals surface area contributed by atoms with Crippen LogP contribution in [0.5, 0.6) is 5.75 Å². The fourth-order valence-corrected chi connectivity index (χ4v) is 5.75. The van der Waals surface area contributed by atoms with Gasteiger partial charge < -0.3 is 14.6 Å². The van der Waals surface area contributed by atoms with E-state index < -0.39 is 0 Å². The Labute approximate surface area is 192 Å². The summed E-state index contributed by atoms with van der Waals surface area (Å²) in [6, 6.07) is 15.4. The van der Waals surface area contributed by atoms with E-state index in [9.17, 15) is 4.79 Å². The minimum Gasteiger partial charge on any atom is -0.497 e. The normalized spacial score (nSPS) is 11.0. The van der Waals surface area contributed by atoms with Crippen LogP contribution < -0.4 is 10.1 Å². The number of thiazole rings is 1. The van der Waals surface area contributed by atoms with Crippen molar-refractivity contribution in [2.75, 3.05) is 18.2 Å². The molecule has 0 radical (unpaired) electrons. The molecule has 0 bridgehead atoms. The van der Waals surface area contributed by atoms with Gasteiger partial charge >= 0.3 is 0 Å². The lowest BCUT2D eigenvalue weighted by Crippen LogP contribution is -2.14. The molecule has 0 saturated carbocycles. The number of nitrogens with one attached hydrogen (secondary N) is 1. The molecule has 31 heavy (non-hydrogen) atoms. The van der Waals surface area contributed by atoms with Gasteiger partial charge in [-0.1, -0.05) is 41.7 Å². The highest BCUT2D eigenvalue weighted by Crippen LogP contribution is 2.31. The van der Waals surface area contributed by atoms with Crippen molar-refractivity contribution in [1.82, 2.24) is 19.7 Å². The molecule has 1 N–H and O–H groups in total. The Morgan fingerprint density at radius 2 is 2.03 bits per heavy atom. The van der Waals surface area contributed by atoms with Crippen LogP contribution >= 0.6 is 34.9 Å². The highest BCUT2D eigenvalue weighted by atomic mass is 32.2. The highest BCUT2D eigenvalue weighted by Gasteiger charge is 2.15. The van der Waals surface area contributed by atoms with E-state index in [4.69, 9.17) is 4.74 Å². The number of para-hydroxylation sites is 1. The molecule has 1 amide bonds. The molecule has 0 fully saturated rings. The van der Waals surface area contributed by atoms with Crippen LogP contribution in [0.25, 0.3) is 10.2 Å². The fraction of sp³-hybridized carbons (Fsp3) is 0.238. The fourth-order valence-electron chi connectivity index (χ4n) is 2.92. The number of fused-ring (bicyclic) bond motifs is 1. The molecule has 2 aromatic carbocycles. The molecule has 0 unspecified atom stereocenters. The maximum absolute atomic E-state index is 12.3. The van der Waals surface area contributed by atoms with Crippen molar-refractivity contribution in [1.29, 1.82) is 0 Å². The predicted octanol–water partition coefficient (Wildman–Crippen LogP) is 4.94. The van der Waals surface area contributed by atoms with E-state index in [1.807, 2.05) is 41.0 Å². The second-order valence-electron chi connectivity index (χ2n) is 6.45. The number of carbonyl (C=O) groups excluding carboxylic acids is 1. The Kier molecular flexibility index (Phi) is 7.10. The van der Waals surface area contributed by atoms with Crippen LogP contribution in [0.2, 0.25) is 0 Å². The molecule has 4 rings (SSSR count). The lowest BCUT2D eigenvalue weighted by atomic mass is 10.3. The van der Waals surface area contributed by atoms with Crippen LogP contribution in [0.15, 0.2) is 58.0 Å². The van der Waals surface area contributed by atoms with Crippen molar-refractivity contribution in [3.8, 4) is 5.75 Å². The molecule has 7 nitrogen and oxygen atoms in total. The van der Waals surface area contributed by atoms with Crippen molar-refractivity contribution in [2.45, 2.75) is 28.7 Å². The Bertz CT molecular complexity index is 1160. The predicted molar refractivity (Wildman–Crippen MR) is 127 cm³/mol. The first-order chi connectivity index (χ1) is 15.2. The van der Waals surface area contributed by atoms with Gasteiger partial charge in [0, 0.05) is 18.3 Å². The maximum atomic E-state index is 12.3. The van der Waals surface area contributed by atoms with Gasteiger partial charge in [0.15, 0.2) is 9.50 Å². The number of hydrogen-bond donors (Lipinski definition) is 1. The molecule has 0 aliphatic carbocycles. The largest absolute Gasteiger partial charge is 0.497 e. The van der Waals surface area contributed by atoms with Gasteiger partial charge in [0.1, 0.15) is 11.6 Å². The van der Waals surface area contributed by atoms with Gasteiger partial charge in [0.2, 0.25) is 5.91 Å². The van der Waals surface area contributed by atoms with Gasteiger partial charge in [-0.15, -0.1) is 21.5 Å². The second kappa shape index (κ2) is 10.2. The SMILES string of the molecule is CCn1c(CSc2nc3ccccc3s2)nnc1SCC(=O)Nc1cccc(OC)c1. The molecule has 2 heterocycles. The van der Waals surface area contributed by atoms with Crippen LogP contribution in [-0.2, 0) is 17.1 Å². The third-order valence-electron chi connectivity index (χ3n) is 4.39. The van der Waals surface area contributed by atoms with Gasteiger partial charge in [-0.3, -0.25) is 4.79 Å². The number of aromatic nitrogens is 4. The van der Waals surface area contributed by atoms with Gasteiger partial charge in [0.05, 0.1) is 28.8 Å². The van der Waals surface area contributed by atoms with Gasteiger partial charge in [0.25, 0.3) is 0 Å². The standard InChI is InChI=1S/C21H21N5O2S3/c1-3-26-18(12-30-21-23-16-9-4-5-10-17(16)31-21)24-25-20(26)29-13-19(27)22-14-7-6-8-15(11-14)28-2/h4-11H,3,12-13H2,1-2H3,(H,22,27). The number of thioether (sulfide) groups is 2. The Morgan fingerprint density at radius 3 is 2.84 bits per heavy atom. The number of methoxy groups -OCH3 is 1. The van der Waals surface area contributed by atoms with Crippen molar-refractivity contribution < 1.29 is 9.53 Å². The monoisotopic (exact) mass is 471 g/mol. The molecule has 0 aliphatic rings. The quantitative estimate of drug-likeness (QED) is 0.346. The topological polar surface area (TPSA) is 81.9 Å². The van der Waals surface area contributed by atoms with Gasteiger partial charge in [-0.05, 0) is 31.2 Å². The molecule has 0 spiro atoms. The molecule has 0 atom stereocenters. The summed E-state index contributed by atoms with van der Waals surface area (Å²) >= 11 is 4.72. The van der Waals surface area contributed by atoms with E-state index in [2.05, 4.69) is 33.5 Å². The van der Waals surface area contributed by atoms with Crippen LogP contribution in [-0.4, -0.2) is 38.5 Å². The summed E-state index contributed by atoms with van der Waals surface area (Å²) in [6.45, 7) is 2.79. The lowest BCUT2D eigenvalue weighted by Gasteiger charge is -2.08. The van der Waals surface area contributed by atoms with Gasteiger partial charge in [-0.2, -0.15) is 0 Å². The maximum Gasteiger partial charge on any atom is 0.234 e. The number of hydrogen-bond acceptors (Lipinski definition) is 8. The summed E-state index contributed by atoms with van der Waals surface area (Å²) in [4.78, 5) is 17.0. The smallest absolute Gasteiger partial charge is 0.234 e. The number of carbonyl (C=O) groups is 1. The van der Waals surface area contributed by atoms with Gasteiger partial charge in [-0.25, -0.2) is 4.98 Å². The lowest BCUT2D eigenvalue weighted by molar-refractivity contribution is -0.113. The zero-order chi connectivity index (χ0) is 21.6. The minimum atomic E-state index is -0.102. The van der Waals surface area contributed by atoms with E-state index in [-0.39, 0.29) is 11.7 Å². The first kappa shape index (κ1) is 21.7. The Morgan fingerprint density at radius 1 is 1.16 bits per heavy atom. The number of ether oxygens (including phenoxy) is 1. The number of anilines is 1. The molecule has 0 saturated heterocycles. The summed E-state index contributed by atoms with van der Waals surface area (Å²) in [6.07, 6.45) is 0. The minimum absolute atomic E-state index is 0.102. The van der Waals surface area contributed by atoms with E-state index in [1.165, 1.54) is 16.5 Å². The Hall–Kier alpha value is -2.56. The van der Waals surface area contributed by atoms with E-state index in [1.54, 1.807) is 36.3 Å². The number of nitrogens with zero attached hydrogens (tertiary/aromatic N) is 4. The molecule has 160 valence electrons. The van der Waals surface area contributed by atoms with Crippen LogP contribution in [0, 0.1) is 0 Å². The van der Waals surface area contributed by atoms with Crippen LogP contribution in [0.1, 0.15) is 12.7 Å².